The van der Waals surface area contributed by atoms with Crippen LogP contribution < -0.4 is 5.32 Å². The fraction of sp³-hybridized carbons (Fsp3) is 0.400. The molecule has 3 heterocycles. The number of urea groups is 1. The molecule has 1 aliphatic rings. The largest absolute Gasteiger partial charge is 0.336 e. The second kappa shape index (κ2) is 6.39. The number of hydrogen-bond acceptors (Lipinski definition) is 3. The molecule has 2 aromatic heterocycles. The lowest BCUT2D eigenvalue weighted by molar-refractivity contribution is 0.192. The van der Waals surface area contributed by atoms with Crippen molar-refractivity contribution in [3.05, 3.63) is 48.8 Å². The zero-order valence-corrected chi connectivity index (χ0v) is 11.9. The summed E-state index contributed by atoms with van der Waals surface area (Å²) in [6, 6.07) is 4.15. The summed E-state index contributed by atoms with van der Waals surface area (Å²) in [5, 5.41) is 2.99. The summed E-state index contributed by atoms with van der Waals surface area (Å²) in [4.78, 5) is 22.3. The minimum Gasteiger partial charge on any atom is -0.336 e. The summed E-state index contributed by atoms with van der Waals surface area (Å²) in [5.41, 5.74) is 1.16. The summed E-state index contributed by atoms with van der Waals surface area (Å²) in [5.74, 6) is 0. The number of pyridine rings is 1. The van der Waals surface area contributed by atoms with Gasteiger partial charge < -0.3 is 14.8 Å². The second-order valence-electron chi connectivity index (χ2n) is 5.16. The Bertz CT molecular complexity index is 569. The number of imidazole rings is 1. The van der Waals surface area contributed by atoms with E-state index >= 15 is 0 Å². The molecule has 1 atom stereocenters. The Hall–Kier alpha value is -2.37. The van der Waals surface area contributed by atoms with Crippen LogP contribution in [0.2, 0.25) is 0 Å². The average Bonchev–Trinajstić information content (AvgIpc) is 3.19. The van der Waals surface area contributed by atoms with Gasteiger partial charge in [-0.05, 0) is 30.5 Å². The number of amides is 2. The van der Waals surface area contributed by atoms with Gasteiger partial charge >= 0.3 is 6.03 Å². The van der Waals surface area contributed by atoms with Gasteiger partial charge in [0.05, 0.1) is 12.4 Å². The van der Waals surface area contributed by atoms with Crippen LogP contribution in [0.1, 0.15) is 24.4 Å². The molecule has 0 spiro atoms. The topological polar surface area (TPSA) is 63.1 Å². The highest BCUT2D eigenvalue weighted by Crippen LogP contribution is 2.31. The molecule has 1 N–H and O–H groups in total. The lowest BCUT2D eigenvalue weighted by Gasteiger charge is -2.25. The first-order valence-electron chi connectivity index (χ1n) is 7.25. The SMILES string of the molecule is O=C(NCCn1ccnc1)N1CCCC1c1ccncc1. The molecule has 1 saturated heterocycles. The molecular weight excluding hydrogens is 266 g/mol. The van der Waals surface area contributed by atoms with Gasteiger partial charge in [0.15, 0.2) is 0 Å². The van der Waals surface area contributed by atoms with E-state index in [9.17, 15) is 4.79 Å². The van der Waals surface area contributed by atoms with Crippen molar-refractivity contribution in [2.24, 2.45) is 0 Å². The van der Waals surface area contributed by atoms with Crippen molar-refractivity contribution in [1.82, 2.24) is 24.8 Å². The van der Waals surface area contributed by atoms with Gasteiger partial charge in [-0.2, -0.15) is 0 Å². The zero-order chi connectivity index (χ0) is 14.5. The Morgan fingerprint density at radius 2 is 2.14 bits per heavy atom. The van der Waals surface area contributed by atoms with E-state index in [1.54, 1.807) is 24.9 Å². The maximum atomic E-state index is 12.3. The van der Waals surface area contributed by atoms with E-state index in [1.165, 1.54) is 0 Å². The van der Waals surface area contributed by atoms with Gasteiger partial charge in [-0.1, -0.05) is 0 Å². The number of nitrogens with zero attached hydrogens (tertiary/aromatic N) is 4. The quantitative estimate of drug-likeness (QED) is 0.932. The first kappa shape index (κ1) is 13.6. The van der Waals surface area contributed by atoms with Gasteiger partial charge in [0.25, 0.3) is 0 Å². The molecule has 0 aliphatic carbocycles. The third kappa shape index (κ3) is 3.21. The van der Waals surface area contributed by atoms with Crippen molar-refractivity contribution < 1.29 is 4.79 Å². The van der Waals surface area contributed by atoms with Crippen molar-refractivity contribution in [3.63, 3.8) is 0 Å². The molecule has 1 fully saturated rings. The first-order valence-corrected chi connectivity index (χ1v) is 7.25. The maximum absolute atomic E-state index is 12.3. The fourth-order valence-electron chi connectivity index (χ4n) is 2.75. The predicted molar refractivity (Wildman–Crippen MR) is 78.5 cm³/mol. The molecule has 1 unspecified atom stereocenters. The Morgan fingerprint density at radius 1 is 1.29 bits per heavy atom. The lowest BCUT2D eigenvalue weighted by Crippen LogP contribution is -2.40. The normalized spacial score (nSPS) is 17.9. The van der Waals surface area contributed by atoms with Crippen molar-refractivity contribution in [1.29, 1.82) is 0 Å². The van der Waals surface area contributed by atoms with Gasteiger partial charge in [0.1, 0.15) is 0 Å². The molecule has 1 aliphatic heterocycles. The molecule has 6 nitrogen and oxygen atoms in total. The highest BCUT2D eigenvalue weighted by molar-refractivity contribution is 5.75. The lowest BCUT2D eigenvalue weighted by atomic mass is 10.1. The zero-order valence-electron chi connectivity index (χ0n) is 11.9. The van der Waals surface area contributed by atoms with E-state index < -0.39 is 0 Å². The first-order chi connectivity index (χ1) is 10.3. The summed E-state index contributed by atoms with van der Waals surface area (Å²) < 4.78 is 1.95. The monoisotopic (exact) mass is 285 g/mol. The van der Waals surface area contributed by atoms with Gasteiger partial charge in [0.2, 0.25) is 0 Å². The molecular formula is C15H19N5O. The smallest absolute Gasteiger partial charge is 0.317 e. The van der Waals surface area contributed by atoms with E-state index in [2.05, 4.69) is 15.3 Å². The number of nitrogens with one attached hydrogen (secondary N) is 1. The van der Waals surface area contributed by atoms with Crippen LogP contribution in [0, 0.1) is 0 Å². The van der Waals surface area contributed by atoms with Crippen LogP contribution in [0.25, 0.3) is 0 Å². The molecule has 0 bridgehead atoms. The van der Waals surface area contributed by atoms with Crippen LogP contribution in [-0.2, 0) is 6.54 Å². The fourth-order valence-corrected chi connectivity index (χ4v) is 2.75. The van der Waals surface area contributed by atoms with Crippen LogP contribution in [0.3, 0.4) is 0 Å². The summed E-state index contributed by atoms with van der Waals surface area (Å²) in [6.07, 6.45) is 11.0. The van der Waals surface area contributed by atoms with E-state index in [1.807, 2.05) is 27.8 Å². The molecule has 3 rings (SSSR count). The van der Waals surface area contributed by atoms with E-state index in [0.29, 0.717) is 6.54 Å². The van der Waals surface area contributed by atoms with Crippen molar-refractivity contribution in [2.45, 2.75) is 25.4 Å². The Labute approximate surface area is 123 Å². The molecule has 2 amide bonds. The summed E-state index contributed by atoms with van der Waals surface area (Å²) in [7, 11) is 0. The Kier molecular flexibility index (Phi) is 4.14. The second-order valence-corrected chi connectivity index (χ2v) is 5.16. The number of aromatic nitrogens is 3. The van der Waals surface area contributed by atoms with E-state index in [4.69, 9.17) is 0 Å². The average molecular weight is 285 g/mol. The van der Waals surface area contributed by atoms with Gasteiger partial charge in [-0.15, -0.1) is 0 Å². The number of carbonyl (C=O) groups is 1. The minimum absolute atomic E-state index is 0.00873. The highest BCUT2D eigenvalue weighted by atomic mass is 16.2. The predicted octanol–water partition coefficient (Wildman–Crippen LogP) is 1.82. The van der Waals surface area contributed by atoms with Crippen molar-refractivity contribution in [3.8, 4) is 0 Å². The number of rotatable bonds is 4. The molecule has 6 heteroatoms. The number of likely N-dealkylation sites (tertiary alicyclic amines) is 1. The third-order valence-corrected chi connectivity index (χ3v) is 3.81. The minimum atomic E-state index is 0.00873. The Balaban J connectivity index is 1.56. The van der Waals surface area contributed by atoms with E-state index in [0.717, 1.165) is 31.5 Å². The van der Waals surface area contributed by atoms with Gasteiger partial charge in [-0.3, -0.25) is 4.98 Å². The van der Waals surface area contributed by atoms with E-state index in [-0.39, 0.29) is 12.1 Å². The van der Waals surface area contributed by atoms with Crippen LogP contribution in [0.4, 0.5) is 4.79 Å². The summed E-state index contributed by atoms with van der Waals surface area (Å²) >= 11 is 0. The van der Waals surface area contributed by atoms with Crippen LogP contribution in [0.5, 0.6) is 0 Å². The Morgan fingerprint density at radius 3 is 2.90 bits per heavy atom. The summed E-state index contributed by atoms with van der Waals surface area (Å²) in [6.45, 7) is 2.15. The molecule has 0 radical (unpaired) electrons. The molecule has 0 aromatic carbocycles. The number of hydrogen-bond donors (Lipinski definition) is 1. The molecule has 2 aromatic rings. The third-order valence-electron chi connectivity index (χ3n) is 3.81. The molecule has 21 heavy (non-hydrogen) atoms. The van der Waals surface area contributed by atoms with Crippen LogP contribution in [0.15, 0.2) is 43.2 Å². The molecule has 110 valence electrons. The standard InChI is InChI=1S/C15H19N5O/c21-15(18-8-11-19-10-7-17-12-19)20-9-1-2-14(20)13-3-5-16-6-4-13/h3-7,10,12,14H,1-2,8-9,11H2,(H,18,21). The van der Waals surface area contributed by atoms with Crippen molar-refractivity contribution >= 4 is 6.03 Å². The highest BCUT2D eigenvalue weighted by Gasteiger charge is 2.29. The molecule has 0 saturated carbocycles. The van der Waals surface area contributed by atoms with Crippen LogP contribution in [-0.4, -0.2) is 38.6 Å². The number of carbonyl (C=O) groups excluding carboxylic acids is 1. The van der Waals surface area contributed by atoms with Gasteiger partial charge in [-0.25, -0.2) is 9.78 Å². The maximum Gasteiger partial charge on any atom is 0.317 e. The van der Waals surface area contributed by atoms with Gasteiger partial charge in [0, 0.05) is 44.4 Å². The van der Waals surface area contributed by atoms with Crippen LogP contribution >= 0.6 is 0 Å². The van der Waals surface area contributed by atoms with Crippen molar-refractivity contribution in [2.75, 3.05) is 13.1 Å².